The minimum Gasteiger partial charge on any atom is -0.504 e. The topological polar surface area (TPSA) is 102 Å². The van der Waals surface area contributed by atoms with Gasteiger partial charge in [-0.3, -0.25) is 4.79 Å². The molecule has 0 fully saturated rings. The van der Waals surface area contributed by atoms with Crippen molar-refractivity contribution in [3.8, 4) is 11.5 Å². The summed E-state index contributed by atoms with van der Waals surface area (Å²) in [4.78, 5) is 27.8. The van der Waals surface area contributed by atoms with E-state index in [0.717, 1.165) is 16.5 Å². The van der Waals surface area contributed by atoms with Crippen LogP contribution in [0, 0.1) is 6.92 Å². The number of pyridine rings is 1. The van der Waals surface area contributed by atoms with Crippen molar-refractivity contribution >= 4 is 22.7 Å². The lowest BCUT2D eigenvalue weighted by molar-refractivity contribution is 0.102. The highest BCUT2D eigenvalue weighted by Crippen LogP contribution is 2.23. The predicted octanol–water partition coefficient (Wildman–Crippen LogP) is 4.03. The zero-order valence-corrected chi connectivity index (χ0v) is 16.1. The van der Waals surface area contributed by atoms with E-state index < -0.39 is 5.63 Å². The van der Waals surface area contributed by atoms with Gasteiger partial charge in [0.25, 0.3) is 5.91 Å². The van der Waals surface area contributed by atoms with Crippen molar-refractivity contribution in [1.29, 1.82) is 0 Å². The van der Waals surface area contributed by atoms with Crippen LogP contribution >= 0.6 is 0 Å². The molecule has 0 spiro atoms. The third kappa shape index (κ3) is 4.15. The molecular weight excluding hydrogens is 384 g/mol. The minimum absolute atomic E-state index is 0.0997. The van der Waals surface area contributed by atoms with E-state index in [1.165, 1.54) is 18.3 Å². The number of anilines is 1. The molecule has 0 unspecified atom stereocenters. The fraction of sp³-hybridized carbons (Fsp3) is 0.0870. The standard InChI is InChI=1S/C23H18N2O5/c1-14-11-21(27)30-20-12-17(8-9-18(14)20)29-13-15-4-6-16(7-5-15)23(28)25-22-19(26)3-2-10-24-22/h2-12,26H,13H2,1H3,(H,24,25,28). The Kier molecular flexibility index (Phi) is 5.17. The summed E-state index contributed by atoms with van der Waals surface area (Å²) < 4.78 is 11.0. The molecule has 0 aliphatic heterocycles. The second kappa shape index (κ2) is 8.08. The highest BCUT2D eigenvalue weighted by molar-refractivity contribution is 6.04. The molecular formula is C23H18N2O5. The maximum Gasteiger partial charge on any atom is 0.336 e. The number of amides is 1. The SMILES string of the molecule is Cc1cc(=O)oc2cc(OCc3ccc(C(=O)Nc4ncccc4O)cc3)ccc12. The van der Waals surface area contributed by atoms with Crippen molar-refractivity contribution < 1.29 is 19.1 Å². The lowest BCUT2D eigenvalue weighted by Crippen LogP contribution is -2.13. The average molecular weight is 402 g/mol. The minimum atomic E-state index is -0.398. The highest BCUT2D eigenvalue weighted by atomic mass is 16.5. The second-order valence-corrected chi connectivity index (χ2v) is 6.72. The molecule has 2 N–H and O–H groups in total. The van der Waals surface area contributed by atoms with E-state index in [9.17, 15) is 14.7 Å². The van der Waals surface area contributed by atoms with Crippen LogP contribution in [-0.4, -0.2) is 16.0 Å². The molecule has 30 heavy (non-hydrogen) atoms. The van der Waals surface area contributed by atoms with Crippen molar-refractivity contribution in [2.45, 2.75) is 13.5 Å². The van der Waals surface area contributed by atoms with Gasteiger partial charge in [-0.05, 0) is 54.4 Å². The number of nitrogens with one attached hydrogen (secondary N) is 1. The zero-order chi connectivity index (χ0) is 21.1. The van der Waals surface area contributed by atoms with Crippen LogP contribution in [0.25, 0.3) is 11.0 Å². The number of carbonyl (C=O) groups is 1. The van der Waals surface area contributed by atoms with Crippen molar-refractivity contribution in [1.82, 2.24) is 4.98 Å². The largest absolute Gasteiger partial charge is 0.504 e. The highest BCUT2D eigenvalue weighted by Gasteiger charge is 2.10. The zero-order valence-electron chi connectivity index (χ0n) is 16.1. The summed E-state index contributed by atoms with van der Waals surface area (Å²) >= 11 is 0. The van der Waals surface area contributed by atoms with Crippen molar-refractivity contribution in [2.24, 2.45) is 0 Å². The van der Waals surface area contributed by atoms with Gasteiger partial charge in [0.15, 0.2) is 11.6 Å². The van der Waals surface area contributed by atoms with Gasteiger partial charge in [0.1, 0.15) is 17.9 Å². The number of hydrogen-bond donors (Lipinski definition) is 2. The maximum atomic E-state index is 12.3. The summed E-state index contributed by atoms with van der Waals surface area (Å²) in [7, 11) is 0. The number of fused-ring (bicyclic) bond motifs is 1. The molecule has 0 radical (unpaired) electrons. The molecule has 1 amide bonds. The van der Waals surface area contributed by atoms with E-state index in [2.05, 4.69) is 10.3 Å². The van der Waals surface area contributed by atoms with Gasteiger partial charge in [0.2, 0.25) is 0 Å². The van der Waals surface area contributed by atoms with Crippen molar-refractivity contribution in [3.63, 3.8) is 0 Å². The number of rotatable bonds is 5. The number of hydrogen-bond acceptors (Lipinski definition) is 6. The van der Waals surface area contributed by atoms with E-state index in [-0.39, 0.29) is 24.1 Å². The summed E-state index contributed by atoms with van der Waals surface area (Å²) in [5.41, 5.74) is 2.21. The number of nitrogens with zero attached hydrogens (tertiary/aromatic N) is 1. The first kappa shape index (κ1) is 19.2. The average Bonchev–Trinajstić information content (AvgIpc) is 2.74. The molecule has 2 aromatic carbocycles. The summed E-state index contributed by atoms with van der Waals surface area (Å²) in [6.45, 7) is 2.14. The Labute approximate surface area is 171 Å². The molecule has 150 valence electrons. The van der Waals surface area contributed by atoms with Gasteiger partial charge in [-0.1, -0.05) is 12.1 Å². The van der Waals surface area contributed by atoms with Crippen LogP contribution in [0.15, 0.2) is 76.1 Å². The Morgan fingerprint density at radius 3 is 2.70 bits per heavy atom. The Morgan fingerprint density at radius 1 is 1.13 bits per heavy atom. The normalized spacial score (nSPS) is 10.7. The molecule has 7 nitrogen and oxygen atoms in total. The van der Waals surface area contributed by atoms with Gasteiger partial charge in [-0.25, -0.2) is 9.78 Å². The van der Waals surface area contributed by atoms with Crippen molar-refractivity contribution in [2.75, 3.05) is 5.32 Å². The van der Waals surface area contributed by atoms with Gasteiger partial charge in [-0.2, -0.15) is 0 Å². The predicted molar refractivity (Wildman–Crippen MR) is 112 cm³/mol. The van der Waals surface area contributed by atoms with Gasteiger partial charge in [0, 0.05) is 29.3 Å². The van der Waals surface area contributed by atoms with Gasteiger partial charge in [0.05, 0.1) is 0 Å². The molecule has 2 aromatic heterocycles. The molecule has 4 rings (SSSR count). The van der Waals surface area contributed by atoms with E-state index in [1.807, 2.05) is 19.1 Å². The molecule has 4 aromatic rings. The number of aryl methyl sites for hydroxylation is 1. The Bertz CT molecular complexity index is 1280. The van der Waals surface area contributed by atoms with Gasteiger partial charge >= 0.3 is 5.63 Å². The lowest BCUT2D eigenvalue weighted by Gasteiger charge is -2.09. The van der Waals surface area contributed by atoms with Crippen LogP contribution in [-0.2, 0) is 6.61 Å². The van der Waals surface area contributed by atoms with Crippen molar-refractivity contribution in [3.05, 3.63) is 94.0 Å². The van der Waals surface area contributed by atoms with E-state index >= 15 is 0 Å². The Hall–Kier alpha value is -4.13. The fourth-order valence-corrected chi connectivity index (χ4v) is 2.99. The summed E-state index contributed by atoms with van der Waals surface area (Å²) in [6, 6.07) is 16.7. The molecule has 0 aliphatic rings. The van der Waals surface area contributed by atoms with Gasteiger partial charge < -0.3 is 19.6 Å². The summed E-state index contributed by atoms with van der Waals surface area (Å²) in [6.07, 6.45) is 1.48. The van der Waals surface area contributed by atoms with E-state index in [0.29, 0.717) is 16.9 Å². The van der Waals surface area contributed by atoms with Crippen LogP contribution in [0.5, 0.6) is 11.5 Å². The molecule has 2 heterocycles. The quantitative estimate of drug-likeness (QED) is 0.489. The van der Waals surface area contributed by atoms with Crippen LogP contribution in [0.2, 0.25) is 0 Å². The fourth-order valence-electron chi connectivity index (χ4n) is 2.99. The Morgan fingerprint density at radius 2 is 1.93 bits per heavy atom. The number of aromatic nitrogens is 1. The van der Waals surface area contributed by atoms with E-state index in [4.69, 9.17) is 9.15 Å². The second-order valence-electron chi connectivity index (χ2n) is 6.72. The number of aromatic hydroxyl groups is 1. The smallest absolute Gasteiger partial charge is 0.336 e. The number of carbonyl (C=O) groups excluding carboxylic acids is 1. The van der Waals surface area contributed by atoms with E-state index in [1.54, 1.807) is 36.4 Å². The third-order valence-electron chi connectivity index (χ3n) is 4.56. The molecule has 0 bridgehead atoms. The molecule has 0 aliphatic carbocycles. The maximum absolute atomic E-state index is 12.3. The van der Waals surface area contributed by atoms with Crippen LogP contribution in [0.4, 0.5) is 5.82 Å². The molecule has 0 atom stereocenters. The van der Waals surface area contributed by atoms with Crippen LogP contribution < -0.4 is 15.7 Å². The first-order chi connectivity index (χ1) is 14.5. The number of benzene rings is 2. The molecule has 0 saturated carbocycles. The first-order valence-corrected chi connectivity index (χ1v) is 9.21. The molecule has 0 saturated heterocycles. The summed E-state index contributed by atoms with van der Waals surface area (Å²) in [5, 5.41) is 13.1. The number of ether oxygens (including phenoxy) is 1. The monoisotopic (exact) mass is 402 g/mol. The van der Waals surface area contributed by atoms with Crippen LogP contribution in [0.3, 0.4) is 0 Å². The van der Waals surface area contributed by atoms with Gasteiger partial charge in [-0.15, -0.1) is 0 Å². The molecule has 7 heteroatoms. The first-order valence-electron chi connectivity index (χ1n) is 9.21. The lowest BCUT2D eigenvalue weighted by atomic mass is 10.1. The third-order valence-corrected chi connectivity index (χ3v) is 4.56. The van der Waals surface area contributed by atoms with Crippen LogP contribution in [0.1, 0.15) is 21.5 Å². The summed E-state index contributed by atoms with van der Waals surface area (Å²) in [5.74, 6) is 0.200. The Balaban J connectivity index is 1.42.